The van der Waals surface area contributed by atoms with Crippen molar-refractivity contribution >= 4 is 5.96 Å². The Hall–Kier alpha value is -0.770. The van der Waals surface area contributed by atoms with Gasteiger partial charge in [-0.05, 0) is 12.8 Å². The van der Waals surface area contributed by atoms with Gasteiger partial charge in [0.2, 0.25) is 0 Å². The maximum atomic E-state index is 5.41. The van der Waals surface area contributed by atoms with Crippen LogP contribution >= 0.6 is 0 Å². The van der Waals surface area contributed by atoms with Crippen LogP contribution in [0.25, 0.3) is 0 Å². The summed E-state index contributed by atoms with van der Waals surface area (Å²) in [6.45, 7) is 3.56. The molecule has 1 heterocycles. The lowest BCUT2D eigenvalue weighted by atomic mass is 10.5. The predicted molar refractivity (Wildman–Crippen MR) is 49.1 cm³/mol. The van der Waals surface area contributed by atoms with Crippen LogP contribution in [-0.4, -0.2) is 43.1 Å². The molecule has 4 heteroatoms. The van der Waals surface area contributed by atoms with E-state index in [1.54, 1.807) is 0 Å². The van der Waals surface area contributed by atoms with Gasteiger partial charge >= 0.3 is 0 Å². The fourth-order valence-corrected chi connectivity index (χ4v) is 1.54. The molecule has 0 unspecified atom stereocenters. The highest BCUT2D eigenvalue weighted by molar-refractivity contribution is 5.82. The summed E-state index contributed by atoms with van der Waals surface area (Å²) in [5.41, 5.74) is 5.41. The predicted octanol–water partition coefficient (Wildman–Crippen LogP) is -0.631. The van der Waals surface area contributed by atoms with Gasteiger partial charge in [-0.25, -0.2) is 0 Å². The second kappa shape index (κ2) is 3.31. The monoisotopic (exact) mass is 168 g/mol. The molecule has 2 rings (SSSR count). The van der Waals surface area contributed by atoms with Crippen molar-refractivity contribution in [2.24, 2.45) is 10.7 Å². The van der Waals surface area contributed by atoms with Crippen LogP contribution in [0.3, 0.4) is 0 Å². The third-order valence-electron chi connectivity index (χ3n) is 2.29. The Labute approximate surface area is 72.8 Å². The van der Waals surface area contributed by atoms with Crippen LogP contribution in [0.5, 0.6) is 0 Å². The maximum Gasteiger partial charge on any atom is 0.194 e. The molecule has 0 atom stereocenters. The zero-order valence-corrected chi connectivity index (χ0v) is 7.29. The third kappa shape index (κ3) is 1.53. The largest absolute Gasteiger partial charge is 0.355 e. The van der Waals surface area contributed by atoms with Gasteiger partial charge < -0.3 is 16.0 Å². The van der Waals surface area contributed by atoms with E-state index in [2.05, 4.69) is 15.2 Å². The van der Waals surface area contributed by atoms with Crippen molar-refractivity contribution in [3.63, 3.8) is 0 Å². The Morgan fingerprint density at radius 2 is 2.42 bits per heavy atom. The molecule has 0 aromatic heterocycles. The minimum Gasteiger partial charge on any atom is -0.355 e. The first-order chi connectivity index (χ1) is 5.92. The number of nitrogens with two attached hydrogens (primary N) is 1. The molecule has 0 bridgehead atoms. The van der Waals surface area contributed by atoms with Crippen LogP contribution in [0, 0.1) is 0 Å². The topological polar surface area (TPSA) is 53.6 Å². The molecular weight excluding hydrogens is 152 g/mol. The number of aliphatic imine (C=N–C) groups is 1. The summed E-state index contributed by atoms with van der Waals surface area (Å²) in [5, 5.41) is 3.25. The first-order valence-corrected chi connectivity index (χ1v) is 4.67. The van der Waals surface area contributed by atoms with Crippen molar-refractivity contribution in [3.8, 4) is 0 Å². The van der Waals surface area contributed by atoms with Crippen LogP contribution in [0.1, 0.15) is 12.8 Å². The molecule has 2 aliphatic rings. The Balaban J connectivity index is 1.84. The van der Waals surface area contributed by atoms with Gasteiger partial charge in [0.1, 0.15) is 0 Å². The summed E-state index contributed by atoms with van der Waals surface area (Å²) >= 11 is 0. The van der Waals surface area contributed by atoms with E-state index in [1.807, 2.05) is 0 Å². The van der Waals surface area contributed by atoms with Crippen LogP contribution in [0.4, 0.5) is 0 Å². The second-order valence-electron chi connectivity index (χ2n) is 3.35. The lowest BCUT2D eigenvalue weighted by Crippen LogP contribution is -2.41. The quantitative estimate of drug-likeness (QED) is 0.590. The van der Waals surface area contributed by atoms with E-state index in [9.17, 15) is 0 Å². The molecule has 1 aliphatic heterocycles. The Morgan fingerprint density at radius 1 is 1.58 bits per heavy atom. The van der Waals surface area contributed by atoms with Gasteiger partial charge in [-0.1, -0.05) is 0 Å². The standard InChI is InChI=1S/C8H16N4/c9-3-4-10-8-11-5-6-12(8)7-1-2-7/h7H,1-6,9H2,(H,10,11). The van der Waals surface area contributed by atoms with E-state index in [1.165, 1.54) is 12.8 Å². The van der Waals surface area contributed by atoms with E-state index in [4.69, 9.17) is 5.73 Å². The normalized spacial score (nSPS) is 22.8. The van der Waals surface area contributed by atoms with Crippen molar-refractivity contribution in [1.29, 1.82) is 0 Å². The van der Waals surface area contributed by atoms with Gasteiger partial charge in [-0.2, -0.15) is 0 Å². The molecule has 0 spiro atoms. The summed E-state index contributed by atoms with van der Waals surface area (Å²) in [4.78, 5) is 6.76. The average Bonchev–Trinajstić information content (AvgIpc) is 2.83. The van der Waals surface area contributed by atoms with Crippen molar-refractivity contribution in [2.45, 2.75) is 18.9 Å². The van der Waals surface area contributed by atoms with Crippen molar-refractivity contribution in [2.75, 3.05) is 26.2 Å². The Morgan fingerprint density at radius 3 is 3.08 bits per heavy atom. The summed E-state index contributed by atoms with van der Waals surface area (Å²) in [6.07, 6.45) is 2.67. The van der Waals surface area contributed by atoms with Gasteiger partial charge in [-0.3, -0.25) is 4.99 Å². The van der Waals surface area contributed by atoms with Gasteiger partial charge in [0.05, 0.1) is 6.54 Å². The fourth-order valence-electron chi connectivity index (χ4n) is 1.54. The van der Waals surface area contributed by atoms with Crippen molar-refractivity contribution < 1.29 is 0 Å². The van der Waals surface area contributed by atoms with Crippen molar-refractivity contribution in [1.82, 2.24) is 10.2 Å². The zero-order valence-electron chi connectivity index (χ0n) is 7.29. The first-order valence-electron chi connectivity index (χ1n) is 4.67. The molecule has 68 valence electrons. The Kier molecular flexibility index (Phi) is 2.17. The first kappa shape index (κ1) is 7.86. The molecule has 1 fully saturated rings. The van der Waals surface area contributed by atoms with E-state index in [0.717, 1.165) is 31.6 Å². The molecule has 1 saturated carbocycles. The number of rotatable bonds is 3. The molecule has 3 N–H and O–H groups in total. The van der Waals surface area contributed by atoms with Crippen LogP contribution in [-0.2, 0) is 0 Å². The van der Waals surface area contributed by atoms with E-state index < -0.39 is 0 Å². The molecule has 0 aromatic rings. The van der Waals surface area contributed by atoms with Crippen LogP contribution in [0.2, 0.25) is 0 Å². The molecule has 0 radical (unpaired) electrons. The van der Waals surface area contributed by atoms with E-state index in [0.29, 0.717) is 6.54 Å². The molecular formula is C8H16N4. The number of hydrogen-bond acceptors (Lipinski definition) is 4. The summed E-state index contributed by atoms with van der Waals surface area (Å²) in [7, 11) is 0. The van der Waals surface area contributed by atoms with E-state index >= 15 is 0 Å². The molecule has 12 heavy (non-hydrogen) atoms. The van der Waals surface area contributed by atoms with Crippen molar-refractivity contribution in [3.05, 3.63) is 0 Å². The molecule has 4 nitrogen and oxygen atoms in total. The van der Waals surface area contributed by atoms with E-state index in [-0.39, 0.29) is 0 Å². The average molecular weight is 168 g/mol. The summed E-state index contributed by atoms with van der Waals surface area (Å²) in [6, 6.07) is 0.775. The minimum atomic E-state index is 0.678. The fraction of sp³-hybridized carbons (Fsp3) is 0.875. The highest BCUT2D eigenvalue weighted by Gasteiger charge is 2.32. The third-order valence-corrected chi connectivity index (χ3v) is 2.29. The molecule has 1 aliphatic carbocycles. The molecule has 0 aromatic carbocycles. The molecule has 0 amide bonds. The summed E-state index contributed by atoms with van der Waals surface area (Å²) in [5.74, 6) is 1.07. The van der Waals surface area contributed by atoms with Gasteiger partial charge in [0.25, 0.3) is 0 Å². The second-order valence-corrected chi connectivity index (χ2v) is 3.35. The number of hydrogen-bond donors (Lipinski definition) is 2. The summed E-state index contributed by atoms with van der Waals surface area (Å²) < 4.78 is 0. The highest BCUT2D eigenvalue weighted by atomic mass is 15.4. The number of nitrogens with one attached hydrogen (secondary N) is 1. The number of nitrogens with zero attached hydrogens (tertiary/aromatic N) is 2. The highest BCUT2D eigenvalue weighted by Crippen LogP contribution is 2.27. The SMILES string of the molecule is NCCNC1=NCCN1C1CC1. The smallest absolute Gasteiger partial charge is 0.194 e. The van der Waals surface area contributed by atoms with Crippen LogP contribution in [0.15, 0.2) is 4.99 Å². The van der Waals surface area contributed by atoms with Crippen LogP contribution < -0.4 is 11.1 Å². The minimum absolute atomic E-state index is 0.678. The Bertz CT molecular complexity index is 185. The zero-order chi connectivity index (χ0) is 8.39. The van der Waals surface area contributed by atoms with Gasteiger partial charge in [-0.15, -0.1) is 0 Å². The lowest BCUT2D eigenvalue weighted by molar-refractivity contribution is 0.434. The maximum absolute atomic E-state index is 5.41. The van der Waals surface area contributed by atoms with Gasteiger partial charge in [0.15, 0.2) is 5.96 Å². The molecule has 0 saturated heterocycles. The number of guanidine groups is 1. The lowest BCUT2D eigenvalue weighted by Gasteiger charge is -2.19. The van der Waals surface area contributed by atoms with Gasteiger partial charge in [0, 0.05) is 25.7 Å².